The van der Waals surface area contributed by atoms with Gasteiger partial charge in [0, 0.05) is 38.8 Å². The van der Waals surface area contributed by atoms with E-state index in [0.717, 1.165) is 41.2 Å². The van der Waals surface area contributed by atoms with Crippen molar-refractivity contribution >= 4 is 22.9 Å². The summed E-state index contributed by atoms with van der Waals surface area (Å²) in [4.78, 5) is 20.6. The number of piperazine rings is 1. The molecule has 0 spiro atoms. The van der Waals surface area contributed by atoms with Gasteiger partial charge in [-0.05, 0) is 56.4 Å². The van der Waals surface area contributed by atoms with Gasteiger partial charge in [0.05, 0.1) is 12.4 Å². The molecule has 0 bridgehead atoms. The van der Waals surface area contributed by atoms with Crippen LogP contribution in [-0.2, 0) is 6.54 Å². The van der Waals surface area contributed by atoms with Gasteiger partial charge in [0.2, 0.25) is 5.95 Å². The lowest BCUT2D eigenvalue weighted by Crippen LogP contribution is -2.53. The fraction of sp³-hybridized carbons (Fsp3) is 0.370. The van der Waals surface area contributed by atoms with E-state index in [0.29, 0.717) is 25.6 Å². The zero-order valence-electron chi connectivity index (χ0n) is 21.9. The van der Waals surface area contributed by atoms with Crippen molar-refractivity contribution in [2.75, 3.05) is 50.6 Å². The molecule has 1 saturated heterocycles. The zero-order valence-corrected chi connectivity index (χ0v) is 21.9. The molecule has 1 unspecified atom stereocenters. The number of hydrogen-bond donors (Lipinski definition) is 2. The molecule has 38 heavy (non-hydrogen) atoms. The fourth-order valence-corrected chi connectivity index (χ4v) is 5.10. The number of nitrogens with one attached hydrogen (secondary N) is 1. The summed E-state index contributed by atoms with van der Waals surface area (Å²) >= 11 is 0. The number of halogens is 2. The van der Waals surface area contributed by atoms with Gasteiger partial charge in [-0.15, -0.1) is 0 Å². The highest BCUT2D eigenvalue weighted by molar-refractivity contribution is 5.85. The van der Waals surface area contributed by atoms with E-state index in [1.807, 2.05) is 18.7 Å². The van der Waals surface area contributed by atoms with Crippen molar-refractivity contribution < 1.29 is 8.78 Å². The third-order valence-corrected chi connectivity index (χ3v) is 7.03. The Kier molecular flexibility index (Phi) is 7.50. The molecule has 1 aliphatic rings. The van der Waals surface area contributed by atoms with Gasteiger partial charge in [-0.2, -0.15) is 9.97 Å². The molecule has 5 rings (SSSR count). The van der Waals surface area contributed by atoms with Crippen molar-refractivity contribution in [3.8, 4) is 0 Å². The average molecular weight is 522 g/mol. The van der Waals surface area contributed by atoms with Crippen LogP contribution < -0.4 is 16.2 Å². The lowest BCUT2D eigenvalue weighted by Gasteiger charge is -2.44. The second kappa shape index (κ2) is 11.0. The second-order valence-corrected chi connectivity index (χ2v) is 9.97. The van der Waals surface area contributed by atoms with Crippen LogP contribution in [0.25, 0.3) is 11.2 Å². The van der Waals surface area contributed by atoms with Crippen molar-refractivity contribution in [1.29, 1.82) is 0 Å². The van der Waals surface area contributed by atoms with Gasteiger partial charge in [0.1, 0.15) is 11.6 Å². The molecule has 2 aromatic carbocycles. The molecule has 0 radical (unpaired) electrons. The van der Waals surface area contributed by atoms with Gasteiger partial charge in [0.25, 0.3) is 0 Å². The number of anilines is 2. The van der Waals surface area contributed by atoms with Gasteiger partial charge in [-0.25, -0.2) is 19.6 Å². The van der Waals surface area contributed by atoms with Gasteiger partial charge >= 0.3 is 0 Å². The highest BCUT2D eigenvalue weighted by atomic mass is 19.1. The van der Waals surface area contributed by atoms with E-state index in [1.54, 1.807) is 30.6 Å². The summed E-state index contributed by atoms with van der Waals surface area (Å²) in [5, 5.41) is 0. The van der Waals surface area contributed by atoms with Gasteiger partial charge in [-0.3, -0.25) is 10.3 Å². The molecule has 0 aliphatic carbocycles. The summed E-state index contributed by atoms with van der Waals surface area (Å²) in [5.41, 5.74) is 5.98. The van der Waals surface area contributed by atoms with E-state index >= 15 is 0 Å². The Morgan fingerprint density at radius 1 is 1.00 bits per heavy atom. The predicted molar refractivity (Wildman–Crippen MR) is 145 cm³/mol. The van der Waals surface area contributed by atoms with Crippen LogP contribution in [0, 0.1) is 11.6 Å². The molecular formula is C27H33F2N9. The highest BCUT2D eigenvalue weighted by Gasteiger charge is 2.32. The first-order chi connectivity index (χ1) is 18.3. The van der Waals surface area contributed by atoms with Crippen LogP contribution in [0.15, 0.2) is 54.9 Å². The van der Waals surface area contributed by atoms with E-state index in [4.69, 9.17) is 10.8 Å². The quantitative estimate of drug-likeness (QED) is 0.270. The second-order valence-electron chi connectivity index (χ2n) is 9.97. The Hall–Kier alpha value is -3.67. The Balaban J connectivity index is 1.45. The van der Waals surface area contributed by atoms with Crippen molar-refractivity contribution in [2.45, 2.75) is 25.6 Å². The molecule has 4 aromatic rings. The average Bonchev–Trinajstić information content (AvgIpc) is 3.32. The maximum atomic E-state index is 13.7. The Labute approximate surface area is 220 Å². The number of rotatable bonds is 8. The molecule has 9 nitrogen and oxygen atoms in total. The number of likely N-dealkylation sites (N-methyl/N-ethyl adjacent to an activating group) is 1. The fourth-order valence-electron chi connectivity index (χ4n) is 5.10. The Morgan fingerprint density at radius 2 is 1.63 bits per heavy atom. The van der Waals surface area contributed by atoms with Crippen molar-refractivity contribution in [2.24, 2.45) is 5.84 Å². The number of nitrogens with zero attached hydrogens (tertiary/aromatic N) is 7. The lowest BCUT2D eigenvalue weighted by atomic mass is 9.95. The summed E-state index contributed by atoms with van der Waals surface area (Å²) in [7, 11) is 4.05. The number of fused-ring (bicyclic) bond motifs is 1. The standard InChI is InChI=1S/C27H33F2N9/c1-18-16-36(24(19-4-8-21(28)9-5-19)20-6-10-22(29)11-7-20)14-15-38(18)26-23-25(32-27(33-26)34-30)37(17-31-23)13-12-35(2)3/h4-11,17-18,24H,12-16,30H2,1-3H3,(H,32,33,34). The molecule has 1 atom stereocenters. The van der Waals surface area contributed by atoms with Gasteiger partial charge in [-0.1, -0.05) is 24.3 Å². The van der Waals surface area contributed by atoms with Crippen molar-refractivity contribution in [3.05, 3.63) is 77.6 Å². The smallest absolute Gasteiger partial charge is 0.241 e. The molecule has 3 N–H and O–H groups in total. The lowest BCUT2D eigenvalue weighted by molar-refractivity contribution is 0.187. The van der Waals surface area contributed by atoms with E-state index in [-0.39, 0.29) is 23.7 Å². The molecule has 0 amide bonds. The summed E-state index contributed by atoms with van der Waals surface area (Å²) < 4.78 is 29.5. The van der Waals surface area contributed by atoms with Crippen LogP contribution >= 0.6 is 0 Å². The Bertz CT molecular complexity index is 1330. The molecule has 11 heteroatoms. The molecule has 2 aromatic heterocycles. The van der Waals surface area contributed by atoms with E-state index < -0.39 is 0 Å². The monoisotopic (exact) mass is 521 g/mol. The third kappa shape index (κ3) is 5.31. The molecule has 1 fully saturated rings. The van der Waals surface area contributed by atoms with Crippen LogP contribution in [0.3, 0.4) is 0 Å². The van der Waals surface area contributed by atoms with E-state index in [1.165, 1.54) is 24.3 Å². The molecule has 200 valence electrons. The maximum Gasteiger partial charge on any atom is 0.241 e. The van der Waals surface area contributed by atoms with Gasteiger partial charge in [0.15, 0.2) is 17.0 Å². The normalized spacial score (nSPS) is 16.6. The number of aromatic nitrogens is 4. The summed E-state index contributed by atoms with van der Waals surface area (Å²) in [6.45, 7) is 5.83. The van der Waals surface area contributed by atoms with Gasteiger partial charge < -0.3 is 14.4 Å². The van der Waals surface area contributed by atoms with Crippen molar-refractivity contribution in [1.82, 2.24) is 29.3 Å². The molecule has 1 aliphatic heterocycles. The van der Waals surface area contributed by atoms with Crippen LogP contribution in [0.4, 0.5) is 20.5 Å². The molecule has 0 saturated carbocycles. The summed E-state index contributed by atoms with van der Waals surface area (Å²) in [6, 6.07) is 13.0. The topological polar surface area (TPSA) is 91.4 Å². The Morgan fingerprint density at radius 3 is 2.18 bits per heavy atom. The van der Waals surface area contributed by atoms with E-state index in [9.17, 15) is 8.78 Å². The first kappa shape index (κ1) is 26.0. The highest BCUT2D eigenvalue weighted by Crippen LogP contribution is 2.33. The number of imidazole rings is 1. The minimum Gasteiger partial charge on any atom is -0.349 e. The van der Waals surface area contributed by atoms with Crippen LogP contribution in [0.5, 0.6) is 0 Å². The van der Waals surface area contributed by atoms with Crippen LogP contribution in [-0.4, -0.2) is 75.6 Å². The summed E-state index contributed by atoms with van der Waals surface area (Å²) in [5.74, 6) is 6.24. The zero-order chi connectivity index (χ0) is 26.8. The molecule has 3 heterocycles. The number of benzene rings is 2. The van der Waals surface area contributed by atoms with E-state index in [2.05, 4.69) is 37.0 Å². The maximum absolute atomic E-state index is 13.7. The SMILES string of the molecule is CC1CN(C(c2ccc(F)cc2)c2ccc(F)cc2)CCN1c1nc(NN)nc2c1ncn2CCN(C)C. The first-order valence-electron chi connectivity index (χ1n) is 12.7. The number of hydrogen-bond acceptors (Lipinski definition) is 8. The minimum absolute atomic E-state index is 0.0720. The van der Waals surface area contributed by atoms with Crippen molar-refractivity contribution in [3.63, 3.8) is 0 Å². The van der Waals surface area contributed by atoms with Crippen LogP contribution in [0.1, 0.15) is 24.1 Å². The first-order valence-corrected chi connectivity index (χ1v) is 12.7. The number of hydrazine groups is 1. The third-order valence-electron chi connectivity index (χ3n) is 7.03. The largest absolute Gasteiger partial charge is 0.349 e. The van der Waals surface area contributed by atoms with Crippen LogP contribution in [0.2, 0.25) is 0 Å². The molecular weight excluding hydrogens is 488 g/mol. The number of nitrogen functional groups attached to an aromatic ring is 1. The predicted octanol–water partition coefficient (Wildman–Crippen LogP) is 3.25. The minimum atomic E-state index is -0.285. The number of nitrogens with two attached hydrogens (primary N) is 1. The summed E-state index contributed by atoms with van der Waals surface area (Å²) in [6.07, 6.45) is 1.80.